The Morgan fingerprint density at radius 1 is 1.41 bits per heavy atom. The molecule has 0 radical (unpaired) electrons. The Kier molecular flexibility index (Phi) is 3.84. The molecule has 0 bridgehead atoms. The molecule has 94 valence electrons. The zero-order valence-corrected chi connectivity index (χ0v) is 10.7. The van der Waals surface area contributed by atoms with E-state index in [0.29, 0.717) is 6.04 Å². The van der Waals surface area contributed by atoms with Gasteiger partial charge in [0.15, 0.2) is 0 Å². The summed E-state index contributed by atoms with van der Waals surface area (Å²) in [7, 11) is 0. The highest BCUT2D eigenvalue weighted by molar-refractivity contribution is 5.49. The van der Waals surface area contributed by atoms with Gasteiger partial charge < -0.3 is 11.1 Å². The summed E-state index contributed by atoms with van der Waals surface area (Å²) < 4.78 is 0. The summed E-state index contributed by atoms with van der Waals surface area (Å²) in [6, 6.07) is 4.42. The smallest absolute Gasteiger partial charge is 0.126 e. The van der Waals surface area contributed by atoms with Crippen molar-refractivity contribution in [3.63, 3.8) is 0 Å². The van der Waals surface area contributed by atoms with Crippen molar-refractivity contribution in [2.75, 3.05) is 30.7 Å². The van der Waals surface area contributed by atoms with Gasteiger partial charge in [-0.05, 0) is 51.9 Å². The lowest BCUT2D eigenvalue weighted by Gasteiger charge is -2.24. The minimum Gasteiger partial charge on any atom is -0.397 e. The van der Waals surface area contributed by atoms with E-state index >= 15 is 0 Å². The summed E-state index contributed by atoms with van der Waals surface area (Å²) in [4.78, 5) is 6.94. The minimum atomic E-state index is 0.567. The molecule has 2 rings (SSSR count). The second-order valence-electron chi connectivity index (χ2n) is 4.84. The average molecular weight is 234 g/mol. The molecule has 0 saturated carbocycles. The van der Waals surface area contributed by atoms with Gasteiger partial charge in [-0.1, -0.05) is 0 Å². The highest BCUT2D eigenvalue weighted by Gasteiger charge is 2.17. The fraction of sp³-hybridized carbons (Fsp3) is 0.615. The number of hydrogen-bond acceptors (Lipinski definition) is 4. The van der Waals surface area contributed by atoms with E-state index in [-0.39, 0.29) is 0 Å². The Balaban J connectivity index is 1.86. The molecular formula is C13H22N4. The Hall–Kier alpha value is -1.29. The van der Waals surface area contributed by atoms with Crippen LogP contribution in [0.4, 0.5) is 11.5 Å². The zero-order valence-electron chi connectivity index (χ0n) is 10.7. The van der Waals surface area contributed by atoms with Crippen molar-refractivity contribution in [1.82, 2.24) is 9.88 Å². The second kappa shape index (κ2) is 5.36. The van der Waals surface area contributed by atoms with E-state index in [9.17, 15) is 0 Å². The molecule has 3 N–H and O–H groups in total. The van der Waals surface area contributed by atoms with Crippen molar-refractivity contribution in [1.29, 1.82) is 0 Å². The topological polar surface area (TPSA) is 54.2 Å². The van der Waals surface area contributed by atoms with Crippen molar-refractivity contribution in [2.24, 2.45) is 0 Å². The molecule has 0 spiro atoms. The van der Waals surface area contributed by atoms with Crippen LogP contribution < -0.4 is 11.1 Å². The molecule has 1 aliphatic rings. The number of rotatable bonds is 4. The van der Waals surface area contributed by atoms with Crippen LogP contribution in [-0.4, -0.2) is 35.6 Å². The van der Waals surface area contributed by atoms with Gasteiger partial charge >= 0.3 is 0 Å². The largest absolute Gasteiger partial charge is 0.397 e. The molecule has 17 heavy (non-hydrogen) atoms. The highest BCUT2D eigenvalue weighted by atomic mass is 15.2. The maximum atomic E-state index is 5.75. The van der Waals surface area contributed by atoms with Crippen molar-refractivity contribution in [3.05, 3.63) is 17.8 Å². The summed E-state index contributed by atoms with van der Waals surface area (Å²) in [6.07, 6.45) is 2.67. The summed E-state index contributed by atoms with van der Waals surface area (Å²) in [6.45, 7) is 7.61. The van der Waals surface area contributed by atoms with E-state index < -0.39 is 0 Å². The fourth-order valence-corrected chi connectivity index (χ4v) is 2.23. The number of hydrogen-bond donors (Lipinski definition) is 2. The first kappa shape index (κ1) is 12.2. The summed E-state index contributed by atoms with van der Waals surface area (Å²) in [5, 5.41) is 3.38. The van der Waals surface area contributed by atoms with Gasteiger partial charge in [0.2, 0.25) is 0 Å². The maximum Gasteiger partial charge on any atom is 0.126 e. The number of aromatic nitrogens is 1. The van der Waals surface area contributed by atoms with Crippen LogP contribution in [0.3, 0.4) is 0 Å². The van der Waals surface area contributed by atoms with E-state index in [2.05, 4.69) is 22.1 Å². The predicted molar refractivity (Wildman–Crippen MR) is 72.1 cm³/mol. The predicted octanol–water partition coefficient (Wildman–Crippen LogP) is 1.87. The van der Waals surface area contributed by atoms with Crippen LogP contribution in [0, 0.1) is 6.92 Å². The Morgan fingerprint density at radius 3 is 2.76 bits per heavy atom. The highest BCUT2D eigenvalue weighted by Crippen LogP contribution is 2.14. The molecule has 2 heterocycles. The SMILES string of the molecule is Cc1nc(NCC(C)N2CCCC2)ccc1N. The first-order valence-corrected chi connectivity index (χ1v) is 6.38. The molecule has 0 amide bonds. The number of nitrogens with one attached hydrogen (secondary N) is 1. The van der Waals surface area contributed by atoms with Crippen LogP contribution in [0.5, 0.6) is 0 Å². The molecule has 4 heteroatoms. The van der Waals surface area contributed by atoms with Crippen molar-refractivity contribution < 1.29 is 0 Å². The molecule has 1 unspecified atom stereocenters. The molecule has 4 nitrogen and oxygen atoms in total. The molecule has 1 saturated heterocycles. The number of nitrogens with two attached hydrogens (primary N) is 1. The van der Waals surface area contributed by atoms with Gasteiger partial charge in [0, 0.05) is 12.6 Å². The molecule has 0 aromatic carbocycles. The lowest BCUT2D eigenvalue weighted by Crippen LogP contribution is -2.35. The lowest BCUT2D eigenvalue weighted by atomic mass is 10.3. The first-order chi connectivity index (χ1) is 8.16. The fourth-order valence-electron chi connectivity index (χ4n) is 2.23. The van der Waals surface area contributed by atoms with Gasteiger partial charge in [-0.15, -0.1) is 0 Å². The minimum absolute atomic E-state index is 0.567. The second-order valence-corrected chi connectivity index (χ2v) is 4.84. The summed E-state index contributed by atoms with van der Waals surface area (Å²) >= 11 is 0. The summed E-state index contributed by atoms with van der Waals surface area (Å²) in [5.74, 6) is 0.919. The number of nitrogens with zero attached hydrogens (tertiary/aromatic N) is 2. The molecular weight excluding hydrogens is 212 g/mol. The van der Waals surface area contributed by atoms with Gasteiger partial charge in [0.1, 0.15) is 5.82 Å². The van der Waals surface area contributed by atoms with Gasteiger partial charge in [0.05, 0.1) is 11.4 Å². The van der Waals surface area contributed by atoms with E-state index in [0.717, 1.165) is 23.7 Å². The van der Waals surface area contributed by atoms with Crippen LogP contribution >= 0.6 is 0 Å². The average Bonchev–Trinajstić information content (AvgIpc) is 2.84. The molecule has 1 aliphatic heterocycles. The van der Waals surface area contributed by atoms with Gasteiger partial charge in [-0.2, -0.15) is 0 Å². The standard InChI is InChI=1S/C13H22N4/c1-10(17-7-3-4-8-17)9-15-13-6-5-12(14)11(2)16-13/h5-6,10H,3-4,7-9,14H2,1-2H3,(H,15,16). The number of pyridine rings is 1. The number of likely N-dealkylation sites (tertiary alicyclic amines) is 1. The van der Waals surface area contributed by atoms with Gasteiger partial charge in [0.25, 0.3) is 0 Å². The number of anilines is 2. The molecule has 1 aromatic rings. The molecule has 0 aliphatic carbocycles. The Morgan fingerprint density at radius 2 is 2.12 bits per heavy atom. The van der Waals surface area contributed by atoms with Crippen LogP contribution in [0.2, 0.25) is 0 Å². The van der Waals surface area contributed by atoms with Crippen LogP contribution in [0.25, 0.3) is 0 Å². The normalized spacial score (nSPS) is 18.2. The van der Waals surface area contributed by atoms with E-state index in [1.165, 1.54) is 25.9 Å². The van der Waals surface area contributed by atoms with Gasteiger partial charge in [-0.25, -0.2) is 4.98 Å². The van der Waals surface area contributed by atoms with Crippen LogP contribution in [-0.2, 0) is 0 Å². The van der Waals surface area contributed by atoms with Crippen molar-refractivity contribution in [3.8, 4) is 0 Å². The Bertz CT molecular complexity index is 372. The number of aryl methyl sites for hydroxylation is 1. The molecule has 1 aromatic heterocycles. The van der Waals surface area contributed by atoms with E-state index in [4.69, 9.17) is 5.73 Å². The van der Waals surface area contributed by atoms with Crippen molar-refractivity contribution >= 4 is 11.5 Å². The lowest BCUT2D eigenvalue weighted by molar-refractivity contribution is 0.269. The van der Waals surface area contributed by atoms with Crippen LogP contribution in [0.15, 0.2) is 12.1 Å². The molecule has 1 atom stereocenters. The Labute approximate surface area is 103 Å². The quantitative estimate of drug-likeness (QED) is 0.835. The van der Waals surface area contributed by atoms with E-state index in [1.54, 1.807) is 0 Å². The zero-order chi connectivity index (χ0) is 12.3. The maximum absolute atomic E-state index is 5.75. The number of nitrogen functional groups attached to an aromatic ring is 1. The van der Waals surface area contributed by atoms with E-state index in [1.807, 2.05) is 19.1 Å². The van der Waals surface area contributed by atoms with Crippen LogP contribution in [0.1, 0.15) is 25.5 Å². The third-order valence-corrected chi connectivity index (χ3v) is 3.47. The third-order valence-electron chi connectivity index (χ3n) is 3.47. The van der Waals surface area contributed by atoms with Crippen molar-refractivity contribution in [2.45, 2.75) is 32.7 Å². The third kappa shape index (κ3) is 3.09. The molecule has 1 fully saturated rings. The first-order valence-electron chi connectivity index (χ1n) is 6.38. The summed E-state index contributed by atoms with van der Waals surface area (Å²) in [5.41, 5.74) is 7.39. The monoisotopic (exact) mass is 234 g/mol. The van der Waals surface area contributed by atoms with Gasteiger partial charge in [-0.3, -0.25) is 4.90 Å².